The number of nitrogens with zero attached hydrogens (tertiary/aromatic N) is 2. The molecule has 1 atom stereocenters. The average Bonchev–Trinajstić information content (AvgIpc) is 2.14. The lowest BCUT2D eigenvalue weighted by Gasteiger charge is -2.22. The average molecular weight is 200 g/mol. The molecule has 0 aliphatic rings. The van der Waals surface area contributed by atoms with E-state index in [1.165, 1.54) is 6.92 Å². The number of rotatable bonds is 7. The maximum Gasteiger partial charge on any atom is 0.242 e. The van der Waals surface area contributed by atoms with Crippen LogP contribution in [0.1, 0.15) is 52.9 Å². The molecule has 0 aliphatic heterocycles. The van der Waals surface area contributed by atoms with Crippen molar-refractivity contribution in [3.8, 4) is 0 Å². The van der Waals surface area contributed by atoms with Crippen molar-refractivity contribution in [1.82, 2.24) is 5.01 Å². The molecule has 0 heterocycles. The molecule has 4 heteroatoms. The minimum Gasteiger partial charge on any atom is -0.273 e. The van der Waals surface area contributed by atoms with Gasteiger partial charge in [0, 0.05) is 6.92 Å². The Morgan fingerprint density at radius 1 is 1.29 bits per heavy atom. The van der Waals surface area contributed by atoms with E-state index in [4.69, 9.17) is 0 Å². The Kier molecular flexibility index (Phi) is 6.98. The molecule has 0 N–H and O–H groups in total. The highest BCUT2D eigenvalue weighted by Crippen LogP contribution is 2.15. The first-order valence-corrected chi connectivity index (χ1v) is 5.30. The van der Waals surface area contributed by atoms with Gasteiger partial charge in [-0.25, -0.2) is 0 Å². The zero-order valence-corrected chi connectivity index (χ0v) is 9.32. The van der Waals surface area contributed by atoms with Crippen LogP contribution in [0.3, 0.4) is 0 Å². The van der Waals surface area contributed by atoms with Crippen molar-refractivity contribution < 1.29 is 4.79 Å². The van der Waals surface area contributed by atoms with E-state index < -0.39 is 0 Å². The third-order valence-electron chi connectivity index (χ3n) is 2.27. The Labute approximate surface area is 85.6 Å². The van der Waals surface area contributed by atoms with E-state index >= 15 is 0 Å². The largest absolute Gasteiger partial charge is 0.273 e. The molecule has 0 rings (SSSR count). The summed E-state index contributed by atoms with van der Waals surface area (Å²) in [6.07, 6.45) is 4.80. The van der Waals surface area contributed by atoms with Crippen molar-refractivity contribution in [2.45, 2.75) is 58.9 Å². The van der Waals surface area contributed by atoms with E-state index in [9.17, 15) is 9.70 Å². The fourth-order valence-electron chi connectivity index (χ4n) is 1.54. The lowest BCUT2D eigenvalue weighted by Crippen LogP contribution is -2.34. The summed E-state index contributed by atoms with van der Waals surface area (Å²) >= 11 is 0. The molecule has 0 saturated heterocycles. The molecular weight excluding hydrogens is 180 g/mol. The van der Waals surface area contributed by atoms with Crippen LogP contribution in [0.5, 0.6) is 0 Å². The first-order chi connectivity index (χ1) is 6.67. The van der Waals surface area contributed by atoms with Gasteiger partial charge in [0.1, 0.15) is 0 Å². The Morgan fingerprint density at radius 3 is 2.29 bits per heavy atom. The molecule has 82 valence electrons. The number of carbonyl (C=O) groups excluding carboxylic acids is 1. The summed E-state index contributed by atoms with van der Waals surface area (Å²) < 4.78 is 0. The number of hydrogen-bond donors (Lipinski definition) is 0. The first-order valence-electron chi connectivity index (χ1n) is 5.30. The maximum atomic E-state index is 11.1. The number of nitroso groups, excluding NO2 is 1. The molecule has 0 aromatic carbocycles. The summed E-state index contributed by atoms with van der Waals surface area (Å²) in [6.45, 7) is 5.52. The summed E-state index contributed by atoms with van der Waals surface area (Å²) in [5, 5.41) is 3.88. The molecule has 0 aliphatic carbocycles. The highest BCUT2D eigenvalue weighted by atomic mass is 16.3. The topological polar surface area (TPSA) is 49.7 Å². The summed E-state index contributed by atoms with van der Waals surface area (Å²) in [5.41, 5.74) is 0. The lowest BCUT2D eigenvalue weighted by molar-refractivity contribution is -0.131. The molecule has 0 bridgehead atoms. The molecule has 0 radical (unpaired) electrons. The molecule has 14 heavy (non-hydrogen) atoms. The lowest BCUT2D eigenvalue weighted by atomic mass is 10.0. The summed E-state index contributed by atoms with van der Waals surface area (Å²) in [5.74, 6) is -0.255. The van der Waals surface area contributed by atoms with Gasteiger partial charge in [0.05, 0.1) is 11.3 Å². The van der Waals surface area contributed by atoms with Crippen LogP contribution in [-0.4, -0.2) is 17.0 Å². The standard InChI is InChI=1S/C10H20N2O2/c1-4-6-8-10(7-5-2)12(11-14)9(3)13/h10H,4-8H2,1-3H3. The molecular formula is C10H20N2O2. The van der Waals surface area contributed by atoms with Gasteiger partial charge in [-0.1, -0.05) is 33.1 Å². The molecule has 1 unspecified atom stereocenters. The smallest absolute Gasteiger partial charge is 0.242 e. The Hall–Kier alpha value is -0.930. The Bertz CT molecular complexity index is 183. The summed E-state index contributed by atoms with van der Waals surface area (Å²) in [6, 6.07) is -0.00468. The minimum atomic E-state index is -0.255. The van der Waals surface area contributed by atoms with Gasteiger partial charge in [-0.3, -0.25) is 4.79 Å². The van der Waals surface area contributed by atoms with Crippen molar-refractivity contribution in [2.75, 3.05) is 0 Å². The van der Waals surface area contributed by atoms with Crippen LogP contribution in [0.15, 0.2) is 5.29 Å². The van der Waals surface area contributed by atoms with Gasteiger partial charge < -0.3 is 0 Å². The fourth-order valence-corrected chi connectivity index (χ4v) is 1.54. The van der Waals surface area contributed by atoms with Crippen molar-refractivity contribution in [3.05, 3.63) is 4.91 Å². The van der Waals surface area contributed by atoms with E-state index in [0.717, 1.165) is 37.1 Å². The SMILES string of the molecule is CCCCC(CCC)N(N=O)C(C)=O. The molecule has 0 fully saturated rings. The third-order valence-corrected chi connectivity index (χ3v) is 2.27. The second kappa shape index (κ2) is 7.47. The van der Waals surface area contributed by atoms with Gasteiger partial charge in [0.2, 0.25) is 5.91 Å². The van der Waals surface area contributed by atoms with Gasteiger partial charge in [0.15, 0.2) is 0 Å². The van der Waals surface area contributed by atoms with Crippen molar-refractivity contribution >= 4 is 5.91 Å². The first kappa shape index (κ1) is 13.1. The zero-order chi connectivity index (χ0) is 11.0. The molecule has 0 spiro atoms. The van der Waals surface area contributed by atoms with E-state index in [1.54, 1.807) is 0 Å². The van der Waals surface area contributed by atoms with E-state index in [1.807, 2.05) is 6.92 Å². The van der Waals surface area contributed by atoms with Crippen molar-refractivity contribution in [1.29, 1.82) is 0 Å². The normalized spacial score (nSPS) is 12.2. The zero-order valence-electron chi connectivity index (χ0n) is 9.32. The van der Waals surface area contributed by atoms with Gasteiger partial charge in [-0.2, -0.15) is 5.01 Å². The minimum absolute atomic E-state index is 0.00468. The van der Waals surface area contributed by atoms with Crippen LogP contribution in [0.2, 0.25) is 0 Å². The van der Waals surface area contributed by atoms with E-state index in [-0.39, 0.29) is 11.9 Å². The number of amides is 1. The molecule has 4 nitrogen and oxygen atoms in total. The Morgan fingerprint density at radius 2 is 1.93 bits per heavy atom. The second-order valence-corrected chi connectivity index (χ2v) is 3.53. The fraction of sp³-hybridized carbons (Fsp3) is 0.900. The van der Waals surface area contributed by atoms with Crippen molar-refractivity contribution in [2.24, 2.45) is 5.29 Å². The predicted molar refractivity (Wildman–Crippen MR) is 56.5 cm³/mol. The maximum absolute atomic E-state index is 11.1. The number of carbonyl (C=O) groups is 1. The predicted octanol–water partition coefficient (Wildman–Crippen LogP) is 2.88. The van der Waals surface area contributed by atoms with Crippen LogP contribution < -0.4 is 0 Å². The van der Waals surface area contributed by atoms with Gasteiger partial charge in [-0.15, -0.1) is 4.91 Å². The monoisotopic (exact) mass is 200 g/mol. The second-order valence-electron chi connectivity index (χ2n) is 3.53. The van der Waals surface area contributed by atoms with E-state index in [2.05, 4.69) is 12.2 Å². The molecule has 0 aromatic heterocycles. The van der Waals surface area contributed by atoms with Crippen LogP contribution in [0.25, 0.3) is 0 Å². The highest BCUT2D eigenvalue weighted by molar-refractivity contribution is 5.73. The van der Waals surface area contributed by atoms with Gasteiger partial charge in [0.25, 0.3) is 0 Å². The molecule has 0 saturated carbocycles. The van der Waals surface area contributed by atoms with Crippen LogP contribution in [0.4, 0.5) is 0 Å². The van der Waals surface area contributed by atoms with Gasteiger partial charge >= 0.3 is 0 Å². The quantitative estimate of drug-likeness (QED) is 0.468. The molecule has 0 aromatic rings. The molecule has 1 amide bonds. The Balaban J connectivity index is 4.26. The van der Waals surface area contributed by atoms with Crippen LogP contribution in [-0.2, 0) is 4.79 Å². The number of hydrogen-bond acceptors (Lipinski definition) is 3. The van der Waals surface area contributed by atoms with Crippen molar-refractivity contribution in [3.63, 3.8) is 0 Å². The van der Waals surface area contributed by atoms with Crippen LogP contribution >= 0.6 is 0 Å². The third kappa shape index (κ3) is 4.35. The summed E-state index contributed by atoms with van der Waals surface area (Å²) in [7, 11) is 0. The highest BCUT2D eigenvalue weighted by Gasteiger charge is 2.20. The number of unbranched alkanes of at least 4 members (excludes halogenated alkanes) is 1. The summed E-state index contributed by atoms with van der Waals surface area (Å²) in [4.78, 5) is 21.6. The van der Waals surface area contributed by atoms with Crippen LogP contribution in [0, 0.1) is 4.91 Å². The van der Waals surface area contributed by atoms with Gasteiger partial charge in [-0.05, 0) is 12.8 Å². The van der Waals surface area contributed by atoms with E-state index in [0.29, 0.717) is 0 Å².